The Morgan fingerprint density at radius 3 is 2.79 bits per heavy atom. The van der Waals surface area contributed by atoms with E-state index in [-0.39, 0.29) is 11.8 Å². The first kappa shape index (κ1) is 16.8. The van der Waals surface area contributed by atoms with Crippen LogP contribution in [0.5, 0.6) is 0 Å². The number of nitrogens with one attached hydrogen (secondary N) is 1. The van der Waals surface area contributed by atoms with Crippen molar-refractivity contribution in [1.29, 1.82) is 0 Å². The van der Waals surface area contributed by atoms with Crippen molar-refractivity contribution in [3.63, 3.8) is 0 Å². The number of aromatic amines is 1. The number of fused-ring (bicyclic) bond motifs is 3. The van der Waals surface area contributed by atoms with Gasteiger partial charge in [-0.3, -0.25) is 9.20 Å². The molecule has 7 nitrogen and oxygen atoms in total. The van der Waals surface area contributed by atoms with E-state index in [9.17, 15) is 4.79 Å². The highest BCUT2D eigenvalue weighted by Crippen LogP contribution is 2.33. The summed E-state index contributed by atoms with van der Waals surface area (Å²) in [4.78, 5) is 27.3. The lowest BCUT2D eigenvalue weighted by atomic mass is 9.86. The number of carbonyl (C=O) groups is 1. The first-order valence-electron chi connectivity index (χ1n) is 9.56. The average molecular weight is 374 g/mol. The topological polar surface area (TPSA) is 92.3 Å². The van der Waals surface area contributed by atoms with Crippen LogP contribution in [-0.2, 0) is 0 Å². The summed E-state index contributed by atoms with van der Waals surface area (Å²) >= 11 is 0. The molecule has 1 fully saturated rings. The van der Waals surface area contributed by atoms with Gasteiger partial charge in [-0.2, -0.15) is 0 Å². The highest BCUT2D eigenvalue weighted by Gasteiger charge is 2.33. The summed E-state index contributed by atoms with van der Waals surface area (Å²) < 4.78 is 2.16. The number of imidazole rings is 1. The van der Waals surface area contributed by atoms with Crippen LogP contribution in [0.15, 0.2) is 48.9 Å². The summed E-state index contributed by atoms with van der Waals surface area (Å²) in [5.74, 6) is 1.63. The maximum absolute atomic E-state index is 13.0. The fourth-order valence-electron chi connectivity index (χ4n) is 4.16. The molecule has 1 aliphatic rings. The van der Waals surface area contributed by atoms with Crippen LogP contribution in [0.3, 0.4) is 0 Å². The molecule has 0 spiro atoms. The Hall–Kier alpha value is -3.35. The Bertz CT molecular complexity index is 1160. The first-order valence-corrected chi connectivity index (χ1v) is 9.56. The molecular weight excluding hydrogens is 352 g/mol. The third-order valence-corrected chi connectivity index (χ3v) is 5.82. The number of nitrogens with two attached hydrogens (primary N) is 1. The van der Waals surface area contributed by atoms with E-state index in [2.05, 4.69) is 21.3 Å². The minimum atomic E-state index is 0.0474. The summed E-state index contributed by atoms with van der Waals surface area (Å²) in [5.41, 5.74) is 9.91. The summed E-state index contributed by atoms with van der Waals surface area (Å²) in [5, 5.41) is 0. The van der Waals surface area contributed by atoms with Crippen LogP contribution < -0.4 is 5.73 Å². The van der Waals surface area contributed by atoms with Crippen LogP contribution in [0.2, 0.25) is 0 Å². The van der Waals surface area contributed by atoms with Crippen LogP contribution in [0, 0.1) is 5.92 Å². The molecule has 1 saturated heterocycles. The molecule has 2 atom stereocenters. The number of piperidine rings is 1. The molecule has 28 heavy (non-hydrogen) atoms. The highest BCUT2D eigenvalue weighted by atomic mass is 16.2. The smallest absolute Gasteiger partial charge is 0.253 e. The number of benzene rings is 1. The van der Waals surface area contributed by atoms with E-state index in [1.807, 2.05) is 29.6 Å². The number of amides is 1. The lowest BCUT2D eigenvalue weighted by molar-refractivity contribution is 0.0665. The largest absolute Gasteiger partial charge is 0.399 e. The molecule has 142 valence electrons. The van der Waals surface area contributed by atoms with Crippen molar-refractivity contribution in [2.24, 2.45) is 5.92 Å². The number of H-pyrrole nitrogens is 1. The van der Waals surface area contributed by atoms with Crippen LogP contribution in [0.25, 0.3) is 16.7 Å². The van der Waals surface area contributed by atoms with Gasteiger partial charge in [-0.15, -0.1) is 0 Å². The number of nitrogen functional groups attached to an aromatic ring is 1. The number of aromatic nitrogens is 4. The maximum atomic E-state index is 13.0. The predicted octanol–water partition coefficient (Wildman–Crippen LogP) is 3.06. The molecule has 0 saturated carbocycles. The fraction of sp³-hybridized carbons (Fsp3) is 0.286. The van der Waals surface area contributed by atoms with Gasteiger partial charge < -0.3 is 15.6 Å². The number of anilines is 1. The molecule has 3 aromatic heterocycles. The van der Waals surface area contributed by atoms with Gasteiger partial charge in [0.1, 0.15) is 5.82 Å². The lowest BCUT2D eigenvalue weighted by Gasteiger charge is -2.36. The van der Waals surface area contributed by atoms with E-state index in [1.54, 1.807) is 24.3 Å². The second kappa shape index (κ2) is 6.37. The molecular formula is C21H22N6O. The molecule has 3 N–H and O–H groups in total. The molecule has 0 aliphatic carbocycles. The normalized spacial score (nSPS) is 20.1. The number of nitrogens with zero attached hydrogens (tertiary/aromatic N) is 4. The van der Waals surface area contributed by atoms with Gasteiger partial charge in [0.15, 0.2) is 5.65 Å². The standard InChI is InChI=1S/C21H22N6O/c1-13-7-9-26(21(28)14-2-4-15(22)5-3-14)12-17(13)20-25-11-16-10-24-19-18(27(16)20)6-8-23-19/h2-6,8,10-11,13,17,23H,7,9,12,22H2,1H3/t13-,17+/m1/s1. The van der Waals surface area contributed by atoms with Gasteiger partial charge in [-0.1, -0.05) is 6.92 Å². The van der Waals surface area contributed by atoms with Crippen molar-refractivity contribution in [1.82, 2.24) is 24.3 Å². The minimum Gasteiger partial charge on any atom is -0.399 e. The second-order valence-corrected chi connectivity index (χ2v) is 7.59. The van der Waals surface area contributed by atoms with Crippen molar-refractivity contribution in [2.45, 2.75) is 19.3 Å². The average Bonchev–Trinajstić information content (AvgIpc) is 3.34. The summed E-state index contributed by atoms with van der Waals surface area (Å²) in [6.07, 6.45) is 6.53. The van der Waals surface area contributed by atoms with E-state index < -0.39 is 0 Å². The third-order valence-electron chi connectivity index (χ3n) is 5.82. The zero-order valence-electron chi connectivity index (χ0n) is 15.7. The maximum Gasteiger partial charge on any atom is 0.253 e. The zero-order valence-corrected chi connectivity index (χ0v) is 15.7. The van der Waals surface area contributed by atoms with Crippen molar-refractivity contribution >= 4 is 28.3 Å². The molecule has 7 heteroatoms. The number of likely N-dealkylation sites (tertiary alicyclic amines) is 1. The van der Waals surface area contributed by atoms with E-state index >= 15 is 0 Å². The van der Waals surface area contributed by atoms with E-state index in [0.717, 1.165) is 35.5 Å². The van der Waals surface area contributed by atoms with Gasteiger partial charge in [0.05, 0.1) is 23.4 Å². The Balaban J connectivity index is 1.51. The molecule has 1 aliphatic heterocycles. The van der Waals surface area contributed by atoms with Crippen LogP contribution >= 0.6 is 0 Å². The predicted molar refractivity (Wildman–Crippen MR) is 108 cm³/mol. The van der Waals surface area contributed by atoms with Crippen LogP contribution in [0.4, 0.5) is 5.69 Å². The Kier molecular flexibility index (Phi) is 3.82. The summed E-state index contributed by atoms with van der Waals surface area (Å²) in [6.45, 7) is 3.65. The fourth-order valence-corrected chi connectivity index (χ4v) is 4.16. The van der Waals surface area contributed by atoms with Gasteiger partial charge in [-0.25, -0.2) is 9.97 Å². The molecule has 0 bridgehead atoms. The summed E-state index contributed by atoms with van der Waals surface area (Å²) in [7, 11) is 0. The molecule has 4 aromatic rings. The molecule has 4 heterocycles. The van der Waals surface area contributed by atoms with Gasteiger partial charge in [0.25, 0.3) is 5.91 Å². The van der Waals surface area contributed by atoms with Crippen molar-refractivity contribution in [3.05, 3.63) is 60.3 Å². The van der Waals surface area contributed by atoms with Crippen LogP contribution in [-0.4, -0.2) is 43.2 Å². The minimum absolute atomic E-state index is 0.0474. The van der Waals surface area contributed by atoms with E-state index in [1.165, 1.54) is 0 Å². The number of hydrogen-bond donors (Lipinski definition) is 2. The first-order chi connectivity index (χ1) is 13.6. The quantitative estimate of drug-likeness (QED) is 0.528. The molecule has 1 amide bonds. The van der Waals surface area contributed by atoms with E-state index in [4.69, 9.17) is 10.7 Å². The highest BCUT2D eigenvalue weighted by molar-refractivity contribution is 5.94. The summed E-state index contributed by atoms with van der Waals surface area (Å²) in [6, 6.07) is 9.16. The third kappa shape index (κ3) is 2.62. The molecule has 0 radical (unpaired) electrons. The van der Waals surface area contributed by atoms with E-state index in [0.29, 0.717) is 23.7 Å². The number of hydrogen-bond acceptors (Lipinski definition) is 4. The van der Waals surface area contributed by atoms with Gasteiger partial charge in [0.2, 0.25) is 0 Å². The van der Waals surface area contributed by atoms with Gasteiger partial charge in [-0.05, 0) is 42.7 Å². The monoisotopic (exact) mass is 374 g/mol. The zero-order chi connectivity index (χ0) is 19.3. The molecule has 5 rings (SSSR count). The molecule has 1 aromatic carbocycles. The van der Waals surface area contributed by atoms with Crippen molar-refractivity contribution in [2.75, 3.05) is 18.8 Å². The number of rotatable bonds is 2. The molecule has 0 unspecified atom stereocenters. The van der Waals surface area contributed by atoms with Gasteiger partial charge in [0, 0.05) is 36.5 Å². The Morgan fingerprint density at radius 1 is 1.18 bits per heavy atom. The Labute approximate surface area is 162 Å². The Morgan fingerprint density at radius 2 is 1.96 bits per heavy atom. The lowest BCUT2D eigenvalue weighted by Crippen LogP contribution is -2.42. The SMILES string of the molecule is C[C@@H]1CCN(C(=O)c2ccc(N)cc2)C[C@@H]1c1ncc2cnc3[nH]ccc3n12. The van der Waals surface area contributed by atoms with Crippen LogP contribution in [0.1, 0.15) is 35.4 Å². The van der Waals surface area contributed by atoms with Crippen molar-refractivity contribution < 1.29 is 4.79 Å². The van der Waals surface area contributed by atoms with Gasteiger partial charge >= 0.3 is 0 Å². The second-order valence-electron chi connectivity index (χ2n) is 7.59. The van der Waals surface area contributed by atoms with Crippen molar-refractivity contribution in [3.8, 4) is 0 Å². The number of carbonyl (C=O) groups excluding carboxylic acids is 1.